The van der Waals surface area contributed by atoms with Gasteiger partial charge in [0.15, 0.2) is 0 Å². The zero-order valence-electron chi connectivity index (χ0n) is 17.8. The van der Waals surface area contributed by atoms with Gasteiger partial charge in [0.25, 0.3) is 5.56 Å². The number of carbonyl (C=O) groups excluding carboxylic acids is 1. The fraction of sp³-hybridized carbons (Fsp3) is 0.200. The van der Waals surface area contributed by atoms with Gasteiger partial charge in [0, 0.05) is 18.0 Å². The van der Waals surface area contributed by atoms with Gasteiger partial charge in [0.2, 0.25) is 5.91 Å². The van der Waals surface area contributed by atoms with Crippen molar-refractivity contribution >= 4 is 16.7 Å². The van der Waals surface area contributed by atoms with Gasteiger partial charge in [-0.25, -0.2) is 4.68 Å². The first-order valence-electron chi connectivity index (χ1n) is 10.4. The Hall–Kier alpha value is -4.00. The molecule has 32 heavy (non-hydrogen) atoms. The van der Waals surface area contributed by atoms with Crippen LogP contribution in [-0.2, 0) is 24.3 Å². The minimum absolute atomic E-state index is 0.0748. The second-order valence-electron chi connectivity index (χ2n) is 7.40. The van der Waals surface area contributed by atoms with E-state index in [1.165, 1.54) is 4.68 Å². The van der Waals surface area contributed by atoms with Gasteiger partial charge in [-0.15, -0.1) is 0 Å². The van der Waals surface area contributed by atoms with Crippen molar-refractivity contribution in [3.8, 4) is 5.75 Å². The number of benzene rings is 2. The zero-order valence-corrected chi connectivity index (χ0v) is 17.8. The lowest BCUT2D eigenvalue weighted by molar-refractivity contribution is -0.121. The van der Waals surface area contributed by atoms with Crippen LogP contribution in [0.4, 0.5) is 0 Å². The first-order valence-corrected chi connectivity index (χ1v) is 10.4. The van der Waals surface area contributed by atoms with Crippen molar-refractivity contribution in [2.75, 3.05) is 7.11 Å². The first kappa shape index (κ1) is 21.2. The van der Waals surface area contributed by atoms with Crippen LogP contribution in [0.2, 0.25) is 0 Å². The van der Waals surface area contributed by atoms with E-state index in [1.807, 2.05) is 60.7 Å². The molecular weight excluding hydrogens is 404 g/mol. The highest BCUT2D eigenvalue weighted by atomic mass is 16.5. The summed E-state index contributed by atoms with van der Waals surface area (Å²) in [6.07, 6.45) is 2.67. The summed E-state index contributed by atoms with van der Waals surface area (Å²) < 4.78 is 6.56. The Morgan fingerprint density at radius 2 is 1.75 bits per heavy atom. The number of fused-ring (bicyclic) bond motifs is 1. The van der Waals surface area contributed by atoms with Crippen molar-refractivity contribution in [1.29, 1.82) is 0 Å². The van der Waals surface area contributed by atoms with Gasteiger partial charge in [0.1, 0.15) is 5.75 Å². The average molecular weight is 428 g/mol. The summed E-state index contributed by atoms with van der Waals surface area (Å²) in [6, 6.07) is 20.5. The predicted molar refractivity (Wildman–Crippen MR) is 123 cm³/mol. The summed E-state index contributed by atoms with van der Waals surface area (Å²) in [4.78, 5) is 29.6. The van der Waals surface area contributed by atoms with Crippen molar-refractivity contribution < 1.29 is 9.53 Å². The molecule has 2 heterocycles. The number of methoxy groups -OCH3 is 1. The minimum Gasteiger partial charge on any atom is -0.497 e. The van der Waals surface area contributed by atoms with Crippen LogP contribution in [0.3, 0.4) is 0 Å². The molecule has 7 heteroatoms. The molecule has 2 aromatic heterocycles. The number of pyridine rings is 1. The molecule has 0 fully saturated rings. The highest BCUT2D eigenvalue weighted by Gasteiger charge is 2.12. The monoisotopic (exact) mass is 428 g/mol. The summed E-state index contributed by atoms with van der Waals surface area (Å²) in [5, 5.41) is 8.79. The molecule has 4 aromatic rings. The molecule has 4 rings (SSSR count). The van der Waals surface area contributed by atoms with Gasteiger partial charge in [-0.1, -0.05) is 36.4 Å². The second kappa shape index (κ2) is 9.87. The van der Waals surface area contributed by atoms with E-state index in [-0.39, 0.29) is 24.6 Å². The molecule has 7 nitrogen and oxygen atoms in total. The molecule has 1 amide bonds. The standard InChI is InChI=1S/C25H24N4O3/c1-32-20-12-9-18(10-13-20)11-14-24(30)27-16-23-21-7-2-3-8-22(21)25(31)29(28-23)17-19-6-4-5-15-26-19/h2-10,12-13,15H,11,14,16-17H2,1H3,(H,27,30). The Balaban J connectivity index is 1.48. The van der Waals surface area contributed by atoms with E-state index in [0.29, 0.717) is 23.9 Å². The summed E-state index contributed by atoms with van der Waals surface area (Å²) in [6.45, 7) is 0.507. The lowest BCUT2D eigenvalue weighted by Crippen LogP contribution is -2.29. The van der Waals surface area contributed by atoms with Crippen LogP contribution in [0, 0.1) is 0 Å². The molecule has 1 N–H and O–H groups in total. The van der Waals surface area contributed by atoms with Crippen molar-refractivity contribution in [3.63, 3.8) is 0 Å². The largest absolute Gasteiger partial charge is 0.497 e. The number of rotatable bonds is 8. The summed E-state index contributed by atoms with van der Waals surface area (Å²) in [7, 11) is 1.62. The van der Waals surface area contributed by atoms with E-state index in [2.05, 4.69) is 15.4 Å². The molecule has 0 saturated carbocycles. The van der Waals surface area contributed by atoms with Crippen LogP contribution >= 0.6 is 0 Å². The Morgan fingerprint density at radius 3 is 2.47 bits per heavy atom. The predicted octanol–water partition coefficient (Wildman–Crippen LogP) is 3.10. The van der Waals surface area contributed by atoms with E-state index in [0.717, 1.165) is 22.4 Å². The van der Waals surface area contributed by atoms with Crippen molar-refractivity contribution in [1.82, 2.24) is 20.1 Å². The normalized spacial score (nSPS) is 10.8. The van der Waals surface area contributed by atoms with Gasteiger partial charge in [-0.2, -0.15) is 5.10 Å². The summed E-state index contributed by atoms with van der Waals surface area (Å²) in [5.74, 6) is 0.714. The number of nitrogens with one attached hydrogen (secondary N) is 1. The van der Waals surface area contributed by atoms with Gasteiger partial charge in [0.05, 0.1) is 37.0 Å². The van der Waals surface area contributed by atoms with Crippen LogP contribution in [0.15, 0.2) is 77.7 Å². The summed E-state index contributed by atoms with van der Waals surface area (Å²) in [5.41, 5.74) is 2.27. The third-order valence-corrected chi connectivity index (χ3v) is 5.23. The molecule has 0 atom stereocenters. The van der Waals surface area contributed by atoms with Crippen LogP contribution < -0.4 is 15.6 Å². The Kier molecular flexibility index (Phi) is 6.55. The molecule has 162 valence electrons. The Labute approximate surface area is 185 Å². The van der Waals surface area contributed by atoms with E-state index in [9.17, 15) is 9.59 Å². The lowest BCUT2D eigenvalue weighted by Gasteiger charge is -2.12. The molecule has 0 saturated heterocycles. The Morgan fingerprint density at radius 1 is 1.00 bits per heavy atom. The number of hydrogen-bond acceptors (Lipinski definition) is 5. The van der Waals surface area contributed by atoms with Crippen molar-refractivity contribution in [3.05, 3.63) is 100 Å². The number of aromatic nitrogens is 3. The lowest BCUT2D eigenvalue weighted by atomic mass is 10.1. The fourth-order valence-electron chi connectivity index (χ4n) is 3.51. The van der Waals surface area contributed by atoms with Gasteiger partial charge < -0.3 is 10.1 Å². The number of nitrogens with zero attached hydrogens (tertiary/aromatic N) is 3. The molecule has 0 aliphatic rings. The van der Waals surface area contributed by atoms with Crippen molar-refractivity contribution in [2.45, 2.75) is 25.9 Å². The number of aryl methyl sites for hydroxylation is 1. The van der Waals surface area contributed by atoms with Crippen LogP contribution in [0.1, 0.15) is 23.4 Å². The SMILES string of the molecule is COc1ccc(CCC(=O)NCc2nn(Cc3ccccn3)c(=O)c3ccccc23)cc1. The van der Waals surface area contributed by atoms with Crippen molar-refractivity contribution in [2.24, 2.45) is 0 Å². The smallest absolute Gasteiger partial charge is 0.275 e. The molecule has 0 aliphatic heterocycles. The molecule has 0 aliphatic carbocycles. The highest BCUT2D eigenvalue weighted by molar-refractivity contribution is 5.84. The van der Waals surface area contributed by atoms with Crippen LogP contribution in [0.5, 0.6) is 5.75 Å². The third-order valence-electron chi connectivity index (χ3n) is 5.23. The third kappa shape index (κ3) is 5.00. The molecule has 2 aromatic carbocycles. The van der Waals surface area contributed by atoms with Gasteiger partial charge in [-0.3, -0.25) is 14.6 Å². The maximum Gasteiger partial charge on any atom is 0.275 e. The van der Waals surface area contributed by atoms with E-state index in [1.54, 1.807) is 19.4 Å². The van der Waals surface area contributed by atoms with E-state index >= 15 is 0 Å². The second-order valence-corrected chi connectivity index (χ2v) is 7.40. The number of carbonyl (C=O) groups is 1. The molecule has 0 bridgehead atoms. The van der Waals surface area contributed by atoms with Crippen LogP contribution in [-0.4, -0.2) is 27.8 Å². The summed E-state index contributed by atoms with van der Waals surface area (Å²) >= 11 is 0. The first-order chi connectivity index (χ1) is 15.6. The average Bonchev–Trinajstić information content (AvgIpc) is 2.84. The molecule has 0 unspecified atom stereocenters. The Bertz CT molecular complexity index is 1270. The number of amides is 1. The highest BCUT2D eigenvalue weighted by Crippen LogP contribution is 2.15. The van der Waals surface area contributed by atoms with Gasteiger partial charge >= 0.3 is 0 Å². The van der Waals surface area contributed by atoms with E-state index in [4.69, 9.17) is 4.74 Å². The maximum absolute atomic E-state index is 12.9. The quantitative estimate of drug-likeness (QED) is 0.466. The van der Waals surface area contributed by atoms with Crippen LogP contribution in [0.25, 0.3) is 10.8 Å². The number of ether oxygens (including phenoxy) is 1. The molecule has 0 radical (unpaired) electrons. The topological polar surface area (TPSA) is 86.1 Å². The molecule has 0 spiro atoms. The number of hydrogen-bond donors (Lipinski definition) is 1. The van der Waals surface area contributed by atoms with E-state index < -0.39 is 0 Å². The molecular formula is C25H24N4O3. The van der Waals surface area contributed by atoms with Gasteiger partial charge in [-0.05, 0) is 42.3 Å². The zero-order chi connectivity index (χ0) is 22.3. The fourth-order valence-corrected chi connectivity index (χ4v) is 3.51. The minimum atomic E-state index is -0.180. The maximum atomic E-state index is 12.9.